The van der Waals surface area contributed by atoms with Gasteiger partial charge in [-0.1, -0.05) is 59.6 Å². The maximum atomic E-state index is 13.6. The van der Waals surface area contributed by atoms with Gasteiger partial charge in [0.25, 0.3) is 5.91 Å². The fraction of sp³-hybridized carbons (Fsp3) is 0.192. The van der Waals surface area contributed by atoms with E-state index in [0.29, 0.717) is 40.2 Å². The van der Waals surface area contributed by atoms with Gasteiger partial charge in [-0.25, -0.2) is 0 Å². The average Bonchev–Trinajstić information content (AvgIpc) is 3.31. The first kappa shape index (κ1) is 24.1. The summed E-state index contributed by atoms with van der Waals surface area (Å²) in [5, 5.41) is 8.33. The monoisotopic (exact) mass is 492 g/mol. The largest absolute Gasteiger partial charge is 0.493 e. The molecule has 1 aromatic heterocycles. The van der Waals surface area contributed by atoms with Crippen molar-refractivity contribution in [2.45, 2.75) is 13.5 Å². The van der Waals surface area contributed by atoms with E-state index in [0.717, 1.165) is 16.7 Å². The van der Waals surface area contributed by atoms with Crippen LogP contribution < -0.4 is 19.5 Å². The van der Waals surface area contributed by atoms with Crippen LogP contribution in [0.5, 0.6) is 17.2 Å². The van der Waals surface area contributed by atoms with Crippen LogP contribution in [0.15, 0.2) is 60.7 Å². The van der Waals surface area contributed by atoms with Crippen molar-refractivity contribution >= 4 is 23.5 Å². The van der Waals surface area contributed by atoms with Crippen LogP contribution in [0.1, 0.15) is 21.5 Å². The first-order valence-corrected chi connectivity index (χ1v) is 11.2. The molecule has 4 rings (SSSR count). The van der Waals surface area contributed by atoms with E-state index in [-0.39, 0.29) is 5.95 Å². The molecule has 4 aromatic rings. The Bertz CT molecular complexity index is 1330. The van der Waals surface area contributed by atoms with Crippen LogP contribution in [0.4, 0.5) is 5.95 Å². The Morgan fingerprint density at radius 3 is 2.23 bits per heavy atom. The second-order valence-corrected chi connectivity index (χ2v) is 8.11. The number of hydrogen-bond acceptors (Lipinski definition) is 7. The van der Waals surface area contributed by atoms with Gasteiger partial charge in [-0.2, -0.15) is 9.67 Å². The van der Waals surface area contributed by atoms with Crippen LogP contribution in [0.2, 0.25) is 5.02 Å². The van der Waals surface area contributed by atoms with Gasteiger partial charge in [0.2, 0.25) is 11.7 Å². The first-order valence-electron chi connectivity index (χ1n) is 10.8. The number of nitrogens with one attached hydrogen (secondary N) is 1. The van der Waals surface area contributed by atoms with Gasteiger partial charge in [-0.3, -0.25) is 4.79 Å². The fourth-order valence-electron chi connectivity index (χ4n) is 3.54. The van der Waals surface area contributed by atoms with E-state index in [9.17, 15) is 4.79 Å². The van der Waals surface area contributed by atoms with Gasteiger partial charge in [0.1, 0.15) is 0 Å². The van der Waals surface area contributed by atoms with Gasteiger partial charge in [0.15, 0.2) is 17.3 Å². The highest BCUT2D eigenvalue weighted by Crippen LogP contribution is 2.38. The number of hydrogen-bond donors (Lipinski definition) is 1. The second-order valence-electron chi connectivity index (χ2n) is 7.70. The Morgan fingerprint density at radius 1 is 0.971 bits per heavy atom. The van der Waals surface area contributed by atoms with E-state index in [4.69, 9.17) is 25.8 Å². The predicted octanol–water partition coefficient (Wildman–Crippen LogP) is 5.23. The molecule has 0 saturated carbocycles. The molecule has 8 nitrogen and oxygen atoms in total. The highest BCUT2D eigenvalue weighted by molar-refractivity contribution is 6.31. The third kappa shape index (κ3) is 5.07. The number of aryl methyl sites for hydroxylation is 1. The van der Waals surface area contributed by atoms with Crippen LogP contribution in [0.25, 0.3) is 11.4 Å². The molecule has 1 N–H and O–H groups in total. The maximum absolute atomic E-state index is 13.6. The summed E-state index contributed by atoms with van der Waals surface area (Å²) in [6.07, 6.45) is 0. The van der Waals surface area contributed by atoms with Crippen molar-refractivity contribution in [3.05, 3.63) is 82.4 Å². The summed E-state index contributed by atoms with van der Waals surface area (Å²) in [7, 11) is 4.49. The summed E-state index contributed by atoms with van der Waals surface area (Å²) in [6.45, 7) is 2.36. The second kappa shape index (κ2) is 10.5. The maximum Gasteiger partial charge on any atom is 0.281 e. The number of halogens is 1. The van der Waals surface area contributed by atoms with Crippen molar-refractivity contribution in [3.8, 4) is 28.6 Å². The molecule has 9 heteroatoms. The van der Waals surface area contributed by atoms with Crippen LogP contribution >= 0.6 is 11.6 Å². The molecule has 0 amide bonds. The zero-order chi connectivity index (χ0) is 24.9. The van der Waals surface area contributed by atoms with E-state index < -0.39 is 5.91 Å². The fourth-order valence-corrected chi connectivity index (χ4v) is 3.74. The van der Waals surface area contributed by atoms with Gasteiger partial charge in [-0.05, 0) is 30.7 Å². The number of ether oxygens (including phenoxy) is 3. The first-order chi connectivity index (χ1) is 16.9. The third-order valence-corrected chi connectivity index (χ3v) is 5.78. The predicted molar refractivity (Wildman–Crippen MR) is 135 cm³/mol. The molecule has 0 spiro atoms. The molecule has 0 saturated heterocycles. The van der Waals surface area contributed by atoms with Crippen molar-refractivity contribution in [2.24, 2.45) is 0 Å². The van der Waals surface area contributed by atoms with Gasteiger partial charge in [0.05, 0.1) is 21.3 Å². The Kier molecular flexibility index (Phi) is 7.22. The zero-order valence-corrected chi connectivity index (χ0v) is 20.6. The molecule has 1 heterocycles. The molecular weight excluding hydrogens is 468 g/mol. The molecule has 180 valence electrons. The van der Waals surface area contributed by atoms with Crippen molar-refractivity contribution in [2.75, 3.05) is 26.6 Å². The Morgan fingerprint density at radius 2 is 1.63 bits per heavy atom. The van der Waals surface area contributed by atoms with Gasteiger partial charge in [0, 0.05) is 22.7 Å². The lowest BCUT2D eigenvalue weighted by atomic mass is 10.1. The van der Waals surface area contributed by atoms with Crippen LogP contribution in [0.3, 0.4) is 0 Å². The molecule has 0 radical (unpaired) electrons. The lowest BCUT2D eigenvalue weighted by molar-refractivity contribution is 0.0946. The van der Waals surface area contributed by atoms with Gasteiger partial charge in [-0.15, -0.1) is 5.10 Å². The van der Waals surface area contributed by atoms with E-state index in [1.807, 2.05) is 55.5 Å². The van der Waals surface area contributed by atoms with Crippen LogP contribution in [-0.2, 0) is 6.54 Å². The molecule has 0 aliphatic rings. The van der Waals surface area contributed by atoms with E-state index >= 15 is 0 Å². The number of nitrogens with zero attached hydrogens (tertiary/aromatic N) is 3. The van der Waals surface area contributed by atoms with Crippen molar-refractivity contribution in [1.82, 2.24) is 14.8 Å². The third-order valence-electron chi connectivity index (χ3n) is 5.42. The molecular formula is C26H25ClN4O4. The molecule has 0 fully saturated rings. The van der Waals surface area contributed by atoms with Gasteiger partial charge >= 0.3 is 0 Å². The number of carbonyl (C=O) groups excluding carboxylic acids is 1. The quantitative estimate of drug-likeness (QED) is 0.360. The van der Waals surface area contributed by atoms with Crippen LogP contribution in [0, 0.1) is 6.92 Å². The lowest BCUT2D eigenvalue weighted by Gasteiger charge is -2.14. The molecule has 0 atom stereocenters. The minimum absolute atomic E-state index is 0.277. The summed E-state index contributed by atoms with van der Waals surface area (Å²) in [4.78, 5) is 18.2. The van der Waals surface area contributed by atoms with Crippen LogP contribution in [-0.4, -0.2) is 42.0 Å². The number of aromatic nitrogens is 3. The minimum atomic E-state index is -0.420. The topological polar surface area (TPSA) is 87.5 Å². The molecule has 0 aliphatic carbocycles. The number of rotatable bonds is 8. The Balaban J connectivity index is 1.76. The highest BCUT2D eigenvalue weighted by Gasteiger charge is 2.23. The van der Waals surface area contributed by atoms with Crippen molar-refractivity contribution in [3.63, 3.8) is 0 Å². The highest BCUT2D eigenvalue weighted by atomic mass is 35.5. The lowest BCUT2D eigenvalue weighted by Crippen LogP contribution is -2.18. The Labute approximate surface area is 208 Å². The molecule has 0 bridgehead atoms. The smallest absolute Gasteiger partial charge is 0.281 e. The molecule has 3 aromatic carbocycles. The van der Waals surface area contributed by atoms with Gasteiger partial charge < -0.3 is 19.5 Å². The number of carbonyl (C=O) groups is 1. The summed E-state index contributed by atoms with van der Waals surface area (Å²) in [5.41, 5.74) is 3.05. The Hall–Kier alpha value is -4.04. The summed E-state index contributed by atoms with van der Waals surface area (Å²) in [5.74, 6) is 1.38. The zero-order valence-electron chi connectivity index (χ0n) is 19.8. The normalized spacial score (nSPS) is 10.7. The average molecular weight is 493 g/mol. The summed E-state index contributed by atoms with van der Waals surface area (Å²) in [6, 6.07) is 18.4. The van der Waals surface area contributed by atoms with E-state index in [1.54, 1.807) is 12.1 Å². The van der Waals surface area contributed by atoms with E-state index in [2.05, 4.69) is 15.4 Å². The van der Waals surface area contributed by atoms with Crippen molar-refractivity contribution < 1.29 is 19.0 Å². The summed E-state index contributed by atoms with van der Waals surface area (Å²) < 4.78 is 17.4. The number of anilines is 1. The van der Waals surface area contributed by atoms with E-state index in [1.165, 1.54) is 26.0 Å². The molecule has 0 aliphatic heterocycles. The standard InChI is InChI=1S/C26H25ClN4O4/c1-16-9-11-17(12-10-16)24-29-26(28-15-18-7-5-6-8-20(18)27)31(30-24)25(32)19-13-21(33-2)23(35-4)22(14-19)34-3/h5-14H,15H2,1-4H3,(H,28,29,30). The SMILES string of the molecule is COc1cc(C(=O)n2nc(-c3ccc(C)cc3)nc2NCc2ccccc2Cl)cc(OC)c1OC. The summed E-state index contributed by atoms with van der Waals surface area (Å²) >= 11 is 6.31. The molecule has 35 heavy (non-hydrogen) atoms. The number of methoxy groups -OCH3 is 3. The molecule has 0 unspecified atom stereocenters. The minimum Gasteiger partial charge on any atom is -0.493 e. The number of benzene rings is 3. The van der Waals surface area contributed by atoms with Crippen molar-refractivity contribution in [1.29, 1.82) is 0 Å².